The Kier molecular flexibility index (Phi) is 14.3. The molecule has 20 heteroatoms. The first-order valence-corrected chi connectivity index (χ1v) is 18.3. The molecule has 3 aromatic rings. The zero-order valence-corrected chi connectivity index (χ0v) is 33.4. The second-order valence-corrected chi connectivity index (χ2v) is 13.6. The minimum atomic E-state index is -1.84. The van der Waals surface area contributed by atoms with Crippen LogP contribution in [0.1, 0.15) is 48.5 Å². The number of carbonyl (C=O) groups excluding carboxylic acids is 7. The summed E-state index contributed by atoms with van der Waals surface area (Å²) in [6, 6.07) is 10.4. The maximum Gasteiger partial charge on any atom is 0.308 e. The first kappa shape index (κ1) is 44.7. The Morgan fingerprint density at radius 2 is 1.30 bits per heavy atom. The predicted molar refractivity (Wildman–Crippen MR) is 198 cm³/mol. The summed E-state index contributed by atoms with van der Waals surface area (Å²) >= 11 is 0. The summed E-state index contributed by atoms with van der Waals surface area (Å²) in [4.78, 5) is 98.3. The van der Waals surface area contributed by atoms with Crippen LogP contribution >= 0.6 is 0 Å². The third-order valence-electron chi connectivity index (χ3n) is 8.76. The Morgan fingerprint density at radius 3 is 1.90 bits per heavy atom. The third-order valence-corrected chi connectivity index (χ3v) is 8.76. The van der Waals surface area contributed by atoms with Crippen molar-refractivity contribution < 1.29 is 90.1 Å². The molecule has 3 heterocycles. The van der Waals surface area contributed by atoms with Gasteiger partial charge in [0, 0.05) is 54.5 Å². The molecule has 20 nitrogen and oxygen atoms in total. The zero-order valence-electron chi connectivity index (χ0n) is 33.4. The van der Waals surface area contributed by atoms with Crippen LogP contribution in [0.2, 0.25) is 0 Å². The van der Waals surface area contributed by atoms with Gasteiger partial charge in [-0.15, -0.1) is 0 Å². The minimum absolute atomic E-state index is 0.0177. The minimum Gasteiger partial charge on any atom is -0.463 e. The number of benzene rings is 2. The van der Waals surface area contributed by atoms with Gasteiger partial charge in [0.1, 0.15) is 36.1 Å². The van der Waals surface area contributed by atoms with Crippen molar-refractivity contribution in [3.63, 3.8) is 0 Å². The first-order chi connectivity index (χ1) is 28.3. The van der Waals surface area contributed by atoms with Gasteiger partial charge >= 0.3 is 41.8 Å². The van der Waals surface area contributed by atoms with E-state index in [0.29, 0.717) is 5.56 Å². The summed E-state index contributed by atoms with van der Waals surface area (Å²) in [5, 5.41) is 0.154. The van der Waals surface area contributed by atoms with Crippen LogP contribution < -0.4 is 14.9 Å². The van der Waals surface area contributed by atoms with E-state index in [1.807, 2.05) is 0 Å². The van der Waals surface area contributed by atoms with Crippen LogP contribution in [-0.4, -0.2) is 110 Å². The van der Waals surface area contributed by atoms with E-state index in [2.05, 4.69) is 0 Å². The van der Waals surface area contributed by atoms with Gasteiger partial charge in [-0.25, -0.2) is 0 Å². The van der Waals surface area contributed by atoms with Crippen molar-refractivity contribution in [2.24, 2.45) is 0 Å². The molecule has 2 aliphatic heterocycles. The molecule has 0 aliphatic carbocycles. The fraction of sp³-hybridized carbons (Fsp3) is 0.450. The molecule has 0 spiro atoms. The van der Waals surface area contributed by atoms with E-state index in [-0.39, 0.29) is 28.0 Å². The number of esters is 7. The number of carbonyl (C=O) groups is 7. The van der Waals surface area contributed by atoms with Crippen molar-refractivity contribution >= 4 is 52.8 Å². The lowest BCUT2D eigenvalue weighted by atomic mass is 9.97. The van der Waals surface area contributed by atoms with Crippen LogP contribution in [0.15, 0.2) is 57.9 Å². The lowest BCUT2D eigenvalue weighted by Crippen LogP contribution is -2.63. The van der Waals surface area contributed by atoms with Crippen molar-refractivity contribution in [3.8, 4) is 22.6 Å². The van der Waals surface area contributed by atoms with E-state index < -0.39 is 116 Å². The highest BCUT2D eigenvalue weighted by atomic mass is 16.8. The Balaban J connectivity index is 1.47. The van der Waals surface area contributed by atoms with Crippen LogP contribution in [0, 0.1) is 0 Å². The molecule has 322 valence electrons. The molecule has 5 rings (SSSR count). The van der Waals surface area contributed by atoms with E-state index in [1.54, 1.807) is 12.1 Å². The van der Waals surface area contributed by atoms with Gasteiger partial charge in [-0.1, -0.05) is 12.1 Å². The van der Waals surface area contributed by atoms with E-state index in [9.17, 15) is 38.4 Å². The molecule has 0 radical (unpaired) electrons. The fourth-order valence-electron chi connectivity index (χ4n) is 6.53. The Hall–Kier alpha value is -6.38. The third kappa shape index (κ3) is 11.0. The summed E-state index contributed by atoms with van der Waals surface area (Å²) in [5.74, 6) is -5.19. The SMILES string of the molecule is CC(=O)OC[C@@]1(OC(C)=O)CO[C@@H](OC[C@H]2O[C@@H](Oc3ccc4c(=O)c(-c5ccc(OC(C)=O)cc5)coc4c3)[C@H](OC(C)=O)[C@@H](OC(C)=O)[C@@H]2OC(C)=O)[C@@H]1OC(C)=O. The summed E-state index contributed by atoms with van der Waals surface area (Å²) < 4.78 is 67.6. The Morgan fingerprint density at radius 1 is 0.683 bits per heavy atom. The lowest BCUT2D eigenvalue weighted by Gasteiger charge is -2.44. The molecule has 2 saturated heterocycles. The summed E-state index contributed by atoms with van der Waals surface area (Å²) in [7, 11) is 0. The number of ether oxygens (including phenoxy) is 11. The van der Waals surface area contributed by atoms with E-state index in [0.717, 1.165) is 41.5 Å². The van der Waals surface area contributed by atoms with Crippen molar-refractivity contribution in [1.29, 1.82) is 0 Å². The molecule has 0 unspecified atom stereocenters. The topological polar surface area (TPSA) is 251 Å². The number of rotatable bonds is 14. The van der Waals surface area contributed by atoms with Crippen molar-refractivity contribution in [1.82, 2.24) is 0 Å². The molecule has 0 N–H and O–H groups in total. The summed E-state index contributed by atoms with van der Waals surface area (Å²) in [5.41, 5.74) is -1.48. The highest BCUT2D eigenvalue weighted by Gasteiger charge is 2.58. The first-order valence-electron chi connectivity index (χ1n) is 18.3. The Bertz CT molecular complexity index is 2180. The zero-order chi connectivity index (χ0) is 43.9. The van der Waals surface area contributed by atoms with Crippen molar-refractivity contribution in [3.05, 3.63) is 59.0 Å². The molecule has 2 aliphatic rings. The lowest BCUT2D eigenvalue weighted by molar-refractivity contribution is -0.297. The van der Waals surface area contributed by atoms with E-state index in [1.165, 1.54) is 43.5 Å². The average Bonchev–Trinajstić information content (AvgIpc) is 3.47. The van der Waals surface area contributed by atoms with Crippen LogP contribution in [0.25, 0.3) is 22.1 Å². The monoisotopic (exact) mass is 842 g/mol. The summed E-state index contributed by atoms with van der Waals surface area (Å²) in [6.07, 6.45) is -9.51. The quantitative estimate of drug-likeness (QED) is 0.128. The van der Waals surface area contributed by atoms with Crippen molar-refractivity contribution in [2.45, 2.75) is 97.2 Å². The van der Waals surface area contributed by atoms with Gasteiger partial charge in [0.05, 0.1) is 24.2 Å². The molecule has 2 aromatic carbocycles. The highest BCUT2D eigenvalue weighted by Crippen LogP contribution is 2.36. The normalized spacial score (nSPS) is 24.7. The smallest absolute Gasteiger partial charge is 0.308 e. The molecule has 0 bridgehead atoms. The predicted octanol–water partition coefficient (Wildman–Crippen LogP) is 2.45. The largest absolute Gasteiger partial charge is 0.463 e. The second-order valence-electron chi connectivity index (χ2n) is 13.6. The van der Waals surface area contributed by atoms with Crippen LogP contribution in [0.3, 0.4) is 0 Å². The van der Waals surface area contributed by atoms with Crippen LogP contribution in [-0.2, 0) is 76.2 Å². The molecule has 2 fully saturated rings. The summed E-state index contributed by atoms with van der Waals surface area (Å²) in [6.45, 7) is 6.10. The number of fused-ring (bicyclic) bond motifs is 1. The van der Waals surface area contributed by atoms with Crippen LogP contribution in [0.5, 0.6) is 11.5 Å². The van der Waals surface area contributed by atoms with Gasteiger partial charge in [0.2, 0.25) is 18.0 Å². The molecule has 1 aromatic heterocycles. The number of hydrogen-bond acceptors (Lipinski definition) is 20. The second kappa shape index (κ2) is 19.1. The standard InChI is InChI=1S/C40H42O20/c1-19(41)51-17-40(60-25(7)47)18-52-39(37(40)57-24(6)46)50-16-32-34(54-21(3)43)35(55-22(4)44)36(56-23(5)45)38(59-32)58-28-12-13-29-31(14-28)49-15-30(33(29)48)26-8-10-27(11-9-26)53-20(2)42/h8-15,32,34-39H,16-18H2,1-7H3/t32-,34-,35+,36-,37+,38-,39-,40-/m1/s1. The van der Waals surface area contributed by atoms with Gasteiger partial charge < -0.3 is 56.5 Å². The van der Waals surface area contributed by atoms with Gasteiger partial charge in [0.15, 0.2) is 30.0 Å². The van der Waals surface area contributed by atoms with Gasteiger partial charge in [0.25, 0.3) is 0 Å². The van der Waals surface area contributed by atoms with Crippen LogP contribution in [0.4, 0.5) is 0 Å². The van der Waals surface area contributed by atoms with Gasteiger partial charge in [-0.2, -0.15) is 0 Å². The average molecular weight is 843 g/mol. The number of hydrogen-bond donors (Lipinski definition) is 0. The van der Waals surface area contributed by atoms with E-state index in [4.69, 9.17) is 56.5 Å². The molecular weight excluding hydrogens is 800 g/mol. The maximum atomic E-state index is 13.5. The molecule has 60 heavy (non-hydrogen) atoms. The van der Waals surface area contributed by atoms with Gasteiger partial charge in [-0.05, 0) is 29.8 Å². The van der Waals surface area contributed by atoms with Gasteiger partial charge in [-0.3, -0.25) is 38.4 Å². The highest BCUT2D eigenvalue weighted by molar-refractivity contribution is 5.83. The van der Waals surface area contributed by atoms with Crippen molar-refractivity contribution in [2.75, 3.05) is 19.8 Å². The molecule has 8 atom stereocenters. The molecular formula is C40H42O20. The van der Waals surface area contributed by atoms with E-state index >= 15 is 0 Å². The molecule has 0 saturated carbocycles. The molecule has 0 amide bonds. The maximum absolute atomic E-state index is 13.5. The Labute approximate surface area is 341 Å². The fourth-order valence-corrected chi connectivity index (χ4v) is 6.53.